The molecule has 2 N–H and O–H groups in total. The maximum Gasteiger partial charge on any atom is 0.303 e. The number of aliphatic hydroxyl groups is 1. The van der Waals surface area contributed by atoms with Gasteiger partial charge in [0, 0.05) is 17.4 Å². The van der Waals surface area contributed by atoms with Gasteiger partial charge in [-0.2, -0.15) is 0 Å². The number of hydrogen-bond donors (Lipinski definition) is 2. The van der Waals surface area contributed by atoms with Crippen molar-refractivity contribution in [2.75, 3.05) is 6.61 Å². The van der Waals surface area contributed by atoms with E-state index < -0.39 is 11.6 Å². The first-order chi connectivity index (χ1) is 18.1. The van der Waals surface area contributed by atoms with Crippen LogP contribution in [-0.2, 0) is 15.8 Å². The van der Waals surface area contributed by atoms with Crippen LogP contribution in [0.25, 0.3) is 11.3 Å². The molecule has 0 fully saturated rings. The smallest absolute Gasteiger partial charge is 0.303 e. The van der Waals surface area contributed by atoms with Crippen molar-refractivity contribution in [1.29, 1.82) is 0 Å². The Morgan fingerprint density at radius 3 is 2.03 bits per heavy atom. The molecule has 1 heterocycles. The molecular weight excluding hydrogens is 476 g/mol. The van der Waals surface area contributed by atoms with Crippen LogP contribution in [0.5, 0.6) is 5.75 Å². The number of carboxylic acids is 1. The summed E-state index contributed by atoms with van der Waals surface area (Å²) < 4.78 is 12.1. The van der Waals surface area contributed by atoms with Crippen LogP contribution in [0, 0.1) is 13.8 Å². The van der Waals surface area contributed by atoms with Crippen molar-refractivity contribution in [3.05, 3.63) is 76.5 Å². The van der Waals surface area contributed by atoms with Crippen LogP contribution in [0.4, 0.5) is 0 Å². The summed E-state index contributed by atoms with van der Waals surface area (Å²) in [7, 11) is 0. The molecule has 0 atom stereocenters. The Morgan fingerprint density at radius 2 is 1.47 bits per heavy atom. The zero-order valence-corrected chi connectivity index (χ0v) is 23.9. The second-order valence-electron chi connectivity index (χ2n) is 10.4. The topological polar surface area (TPSA) is 79.9 Å². The van der Waals surface area contributed by atoms with Gasteiger partial charge >= 0.3 is 5.97 Å². The third-order valence-electron chi connectivity index (χ3n) is 8.26. The minimum atomic E-state index is -0.933. The fourth-order valence-electron chi connectivity index (χ4n) is 5.47. The molecule has 206 valence electrons. The van der Waals surface area contributed by atoms with Crippen molar-refractivity contribution in [3.63, 3.8) is 0 Å². The van der Waals surface area contributed by atoms with Gasteiger partial charge in [-0.25, -0.2) is 0 Å². The van der Waals surface area contributed by atoms with Crippen LogP contribution >= 0.6 is 0 Å². The van der Waals surface area contributed by atoms with Crippen molar-refractivity contribution >= 4 is 5.97 Å². The number of unbranched alkanes of at least 4 members (excludes halogenated alkanes) is 1. The number of rotatable bonds is 14. The lowest BCUT2D eigenvalue weighted by Gasteiger charge is -2.34. The average Bonchev–Trinajstić information content (AvgIpc) is 3.41. The number of hydrogen-bond acceptors (Lipinski definition) is 4. The fraction of sp³-hybridized carbons (Fsp3) is 0.485. The maximum absolute atomic E-state index is 10.9. The van der Waals surface area contributed by atoms with E-state index in [1.165, 1.54) is 11.1 Å². The van der Waals surface area contributed by atoms with Crippen molar-refractivity contribution in [2.45, 2.75) is 97.5 Å². The predicted molar refractivity (Wildman–Crippen MR) is 153 cm³/mol. The zero-order chi connectivity index (χ0) is 27.9. The van der Waals surface area contributed by atoms with Gasteiger partial charge in [-0.15, -0.1) is 0 Å². The van der Waals surface area contributed by atoms with Gasteiger partial charge in [0.15, 0.2) is 0 Å². The van der Waals surface area contributed by atoms with Crippen molar-refractivity contribution < 1.29 is 24.2 Å². The molecule has 0 aliphatic carbocycles. The van der Waals surface area contributed by atoms with Crippen molar-refractivity contribution in [3.8, 4) is 17.1 Å². The average molecular weight is 521 g/mol. The van der Waals surface area contributed by atoms with Crippen molar-refractivity contribution in [2.24, 2.45) is 0 Å². The number of carbonyl (C=O) groups is 1. The fourth-order valence-corrected chi connectivity index (χ4v) is 5.47. The van der Waals surface area contributed by atoms with E-state index >= 15 is 0 Å². The number of furan rings is 1. The highest BCUT2D eigenvalue weighted by Crippen LogP contribution is 2.42. The van der Waals surface area contributed by atoms with Crippen LogP contribution in [-0.4, -0.2) is 22.8 Å². The van der Waals surface area contributed by atoms with E-state index in [1.807, 2.05) is 26.0 Å². The highest BCUT2D eigenvalue weighted by Gasteiger charge is 2.32. The third-order valence-corrected chi connectivity index (χ3v) is 8.26. The van der Waals surface area contributed by atoms with Crippen LogP contribution < -0.4 is 4.74 Å². The van der Waals surface area contributed by atoms with Crippen LogP contribution in [0.3, 0.4) is 0 Å². The molecule has 0 radical (unpaired) electrons. The Morgan fingerprint density at radius 1 is 0.842 bits per heavy atom. The lowest BCUT2D eigenvalue weighted by atomic mass is 9.70. The molecule has 2 aromatic carbocycles. The normalized spacial score (nSPS) is 12.1. The number of aryl methyl sites for hydroxylation is 2. The lowest BCUT2D eigenvalue weighted by Crippen LogP contribution is -2.26. The molecule has 3 rings (SSSR count). The van der Waals surface area contributed by atoms with Gasteiger partial charge in [0.1, 0.15) is 22.9 Å². The summed E-state index contributed by atoms with van der Waals surface area (Å²) in [6.45, 7) is 13.1. The van der Waals surface area contributed by atoms with Gasteiger partial charge in [0.25, 0.3) is 0 Å². The van der Waals surface area contributed by atoms with Gasteiger partial charge in [-0.1, -0.05) is 58.0 Å². The molecule has 0 saturated carbocycles. The summed E-state index contributed by atoms with van der Waals surface area (Å²) in [5.41, 5.74) is 4.74. The molecule has 0 spiro atoms. The van der Waals surface area contributed by atoms with Crippen LogP contribution in [0.2, 0.25) is 0 Å². The highest BCUT2D eigenvalue weighted by molar-refractivity contribution is 5.66. The SMILES string of the molecule is CCC(O)(CC)c1ccc(-c2ccc(C(CC)(CC)c3ccc(OCCCCC(=O)O)c(C)c3)cc2C)o1. The Balaban J connectivity index is 1.87. The minimum Gasteiger partial charge on any atom is -0.493 e. The Bertz CT molecular complexity index is 1210. The van der Waals surface area contributed by atoms with Gasteiger partial charge in [-0.3, -0.25) is 4.79 Å². The molecule has 0 aliphatic heterocycles. The first-order valence-electron chi connectivity index (χ1n) is 14.0. The van der Waals surface area contributed by atoms with Gasteiger partial charge in [-0.05, 0) is 92.8 Å². The molecule has 5 heteroatoms. The summed E-state index contributed by atoms with van der Waals surface area (Å²) in [5.74, 6) is 1.49. The predicted octanol–water partition coefficient (Wildman–Crippen LogP) is 8.31. The third kappa shape index (κ3) is 6.15. The summed E-state index contributed by atoms with van der Waals surface area (Å²) in [6, 6.07) is 17.0. The quantitative estimate of drug-likeness (QED) is 0.209. The van der Waals surface area contributed by atoms with Gasteiger partial charge in [0.05, 0.1) is 6.61 Å². The molecule has 0 amide bonds. The molecule has 38 heavy (non-hydrogen) atoms. The van der Waals surface area contributed by atoms with E-state index in [1.54, 1.807) is 0 Å². The molecule has 1 aromatic heterocycles. The van der Waals surface area contributed by atoms with Crippen LogP contribution in [0.15, 0.2) is 52.9 Å². The standard InChI is InChI=1S/C33H44O5/c1-7-32(8-2,26-15-17-28(24(6)22-26)37-20-12-11-13-31(34)35)25-14-16-27(23(5)21-25)29-18-19-30(38-29)33(36,9-3)10-4/h14-19,21-22,36H,7-13,20H2,1-6H3,(H,34,35). The van der Waals surface area contributed by atoms with E-state index in [0.29, 0.717) is 31.6 Å². The van der Waals surface area contributed by atoms with E-state index in [0.717, 1.165) is 47.5 Å². The first kappa shape index (κ1) is 29.5. The maximum atomic E-state index is 10.9. The summed E-state index contributed by atoms with van der Waals surface area (Å²) in [5, 5.41) is 19.7. The number of aliphatic carboxylic acids is 1. The molecule has 0 aliphatic rings. The molecule has 0 bridgehead atoms. The van der Waals surface area contributed by atoms with Gasteiger partial charge in [0.2, 0.25) is 0 Å². The largest absolute Gasteiger partial charge is 0.493 e. The Labute approximate surface area is 227 Å². The number of ether oxygens (including phenoxy) is 1. The first-order valence-corrected chi connectivity index (χ1v) is 14.0. The monoisotopic (exact) mass is 520 g/mol. The van der Waals surface area contributed by atoms with E-state index in [-0.39, 0.29) is 11.8 Å². The van der Waals surface area contributed by atoms with Crippen LogP contribution in [0.1, 0.15) is 101 Å². The minimum absolute atomic E-state index is 0.132. The lowest BCUT2D eigenvalue weighted by molar-refractivity contribution is -0.137. The van der Waals surface area contributed by atoms with Crippen molar-refractivity contribution in [1.82, 2.24) is 0 Å². The van der Waals surface area contributed by atoms with E-state index in [4.69, 9.17) is 14.3 Å². The van der Waals surface area contributed by atoms with Gasteiger partial charge < -0.3 is 19.4 Å². The highest BCUT2D eigenvalue weighted by atomic mass is 16.5. The zero-order valence-electron chi connectivity index (χ0n) is 23.9. The molecular formula is C33H44O5. The summed E-state index contributed by atoms with van der Waals surface area (Å²) in [4.78, 5) is 10.7. The van der Waals surface area contributed by atoms with E-state index in [2.05, 4.69) is 64.1 Å². The summed E-state index contributed by atoms with van der Waals surface area (Å²) in [6.07, 6.45) is 4.66. The molecule has 0 unspecified atom stereocenters. The number of carboxylic acid groups (broad SMARTS) is 1. The molecule has 5 nitrogen and oxygen atoms in total. The second kappa shape index (κ2) is 12.7. The second-order valence-corrected chi connectivity index (χ2v) is 10.4. The Hall–Kier alpha value is -3.05. The molecule has 0 saturated heterocycles. The Kier molecular flexibility index (Phi) is 9.83. The molecule has 3 aromatic rings. The number of benzene rings is 2. The van der Waals surface area contributed by atoms with E-state index in [9.17, 15) is 9.90 Å². The summed E-state index contributed by atoms with van der Waals surface area (Å²) >= 11 is 0.